The number of amides is 2. The van der Waals surface area contributed by atoms with Crippen LogP contribution < -0.4 is 10.6 Å². The molecular weight excluding hydrogens is 436 g/mol. The van der Waals surface area contributed by atoms with Gasteiger partial charge in [0.1, 0.15) is 17.0 Å². The van der Waals surface area contributed by atoms with Gasteiger partial charge in [-0.3, -0.25) is 9.59 Å². The van der Waals surface area contributed by atoms with Gasteiger partial charge < -0.3 is 20.5 Å². The van der Waals surface area contributed by atoms with Crippen LogP contribution in [0.1, 0.15) is 25.8 Å². The molecule has 0 aromatic heterocycles. The van der Waals surface area contributed by atoms with Crippen molar-refractivity contribution in [3.63, 3.8) is 0 Å². The Labute approximate surface area is 180 Å². The number of benzene rings is 1. The number of ether oxygens (including phenoxy) is 1. The Hall–Kier alpha value is -2.59. The molecule has 3 N–H and O–H groups in total. The maximum Gasteiger partial charge on any atom is 0.408 e. The molecule has 0 saturated heterocycles. The van der Waals surface area contributed by atoms with Crippen LogP contribution in [0.4, 0.5) is 4.79 Å². The normalized spacial score (nSPS) is 14.0. The smallest absolute Gasteiger partial charge is 0.408 e. The van der Waals surface area contributed by atoms with Crippen molar-refractivity contribution in [3.8, 4) is 0 Å². The highest BCUT2D eigenvalue weighted by atomic mass is 35.5. The van der Waals surface area contributed by atoms with E-state index in [9.17, 15) is 22.8 Å². The molecule has 9 nitrogen and oxygen atoms in total. The summed E-state index contributed by atoms with van der Waals surface area (Å²) in [7, 11) is -3.77. The molecule has 1 rings (SSSR count). The van der Waals surface area contributed by atoms with Gasteiger partial charge in [-0.25, -0.2) is 13.2 Å². The van der Waals surface area contributed by atoms with Gasteiger partial charge in [-0.1, -0.05) is 55.8 Å². The van der Waals surface area contributed by atoms with Crippen LogP contribution in [0.5, 0.6) is 0 Å². The Morgan fingerprint density at radius 2 is 1.77 bits per heavy atom. The zero-order valence-corrected chi connectivity index (χ0v) is 18.4. The minimum Gasteiger partial charge on any atom is -0.481 e. The van der Waals surface area contributed by atoms with Gasteiger partial charge in [-0.2, -0.15) is 0 Å². The third kappa shape index (κ3) is 9.27. The maximum atomic E-state index is 12.6. The number of carbonyl (C=O) groups excluding carboxylic acids is 2. The molecule has 1 aromatic rings. The second kappa shape index (κ2) is 11.6. The van der Waals surface area contributed by atoms with E-state index in [1.54, 1.807) is 38.1 Å². The molecule has 1 aromatic carbocycles. The molecule has 0 radical (unpaired) electrons. The molecule has 0 unspecified atom stereocenters. The zero-order chi connectivity index (χ0) is 22.9. The number of rotatable bonds is 10. The highest BCUT2D eigenvalue weighted by Gasteiger charge is 2.27. The largest absolute Gasteiger partial charge is 0.481 e. The molecule has 0 aliphatic heterocycles. The van der Waals surface area contributed by atoms with Gasteiger partial charge in [0.2, 0.25) is 5.91 Å². The Morgan fingerprint density at radius 3 is 2.27 bits per heavy atom. The number of carbonyl (C=O) groups is 3. The first kappa shape index (κ1) is 25.4. The average molecular weight is 461 g/mol. The Balaban J connectivity index is 2.84. The average Bonchev–Trinajstić information content (AvgIpc) is 2.63. The number of carboxylic acid groups (broad SMARTS) is 1. The van der Waals surface area contributed by atoms with Crippen LogP contribution in [-0.2, 0) is 30.8 Å². The SMILES string of the molecule is CC(C)[C@@H](NC(=O)OCc1ccccc1)C(=O)N[C@H](/C=C(\Cl)S(C)(=O)=O)CC(=O)O. The lowest BCUT2D eigenvalue weighted by atomic mass is 10.0. The van der Waals surface area contributed by atoms with Crippen molar-refractivity contribution < 1.29 is 32.6 Å². The zero-order valence-electron chi connectivity index (χ0n) is 16.8. The summed E-state index contributed by atoms with van der Waals surface area (Å²) in [5.74, 6) is -2.35. The van der Waals surface area contributed by atoms with Gasteiger partial charge in [0.05, 0.1) is 12.5 Å². The van der Waals surface area contributed by atoms with E-state index in [0.717, 1.165) is 17.9 Å². The fourth-order valence-corrected chi connectivity index (χ4v) is 2.88. The molecular formula is C19H25ClN2O7S. The minimum atomic E-state index is -3.77. The Morgan fingerprint density at radius 1 is 1.17 bits per heavy atom. The van der Waals surface area contributed by atoms with E-state index >= 15 is 0 Å². The van der Waals surface area contributed by atoms with Crippen LogP contribution in [0.2, 0.25) is 0 Å². The van der Waals surface area contributed by atoms with E-state index in [2.05, 4.69) is 10.6 Å². The van der Waals surface area contributed by atoms with E-state index in [4.69, 9.17) is 21.4 Å². The number of sulfone groups is 1. The lowest BCUT2D eigenvalue weighted by molar-refractivity contribution is -0.137. The van der Waals surface area contributed by atoms with Crippen molar-refractivity contribution in [2.45, 2.75) is 39.0 Å². The predicted molar refractivity (Wildman–Crippen MR) is 111 cm³/mol. The van der Waals surface area contributed by atoms with Gasteiger partial charge in [-0.15, -0.1) is 0 Å². The molecule has 11 heteroatoms. The predicted octanol–water partition coefficient (Wildman–Crippen LogP) is 2.02. The van der Waals surface area contributed by atoms with Crippen molar-refractivity contribution in [1.82, 2.24) is 10.6 Å². The van der Waals surface area contributed by atoms with Crippen LogP contribution >= 0.6 is 11.6 Å². The first-order valence-electron chi connectivity index (χ1n) is 8.97. The van der Waals surface area contributed by atoms with E-state index in [0.29, 0.717) is 0 Å². The number of nitrogens with one attached hydrogen (secondary N) is 2. The minimum absolute atomic E-state index is 0.00739. The van der Waals surface area contributed by atoms with Crippen molar-refractivity contribution >= 4 is 39.4 Å². The summed E-state index contributed by atoms with van der Waals surface area (Å²) in [6, 6.07) is 6.70. The number of alkyl carbamates (subject to hydrolysis) is 1. The number of carboxylic acids is 1. The molecule has 2 atom stereocenters. The van der Waals surface area contributed by atoms with Crippen molar-refractivity contribution in [2.24, 2.45) is 5.92 Å². The number of halogens is 1. The summed E-state index contributed by atoms with van der Waals surface area (Å²) < 4.78 is 27.5. The summed E-state index contributed by atoms with van der Waals surface area (Å²) >= 11 is 5.68. The fraction of sp³-hybridized carbons (Fsp3) is 0.421. The number of aliphatic carboxylic acids is 1. The van der Waals surface area contributed by atoms with Gasteiger partial charge in [0.15, 0.2) is 9.84 Å². The summed E-state index contributed by atoms with van der Waals surface area (Å²) in [5, 5.41) is 13.9. The van der Waals surface area contributed by atoms with Crippen LogP contribution in [-0.4, -0.2) is 49.8 Å². The Bertz CT molecular complexity index is 885. The molecule has 30 heavy (non-hydrogen) atoms. The van der Waals surface area contributed by atoms with Gasteiger partial charge in [-0.05, 0) is 17.6 Å². The van der Waals surface area contributed by atoms with Crippen LogP contribution in [0.15, 0.2) is 40.8 Å². The summed E-state index contributed by atoms with van der Waals surface area (Å²) in [6.45, 7) is 3.36. The molecule has 2 amide bonds. The van der Waals surface area contributed by atoms with Crippen LogP contribution in [0.25, 0.3) is 0 Å². The molecule has 166 valence electrons. The van der Waals surface area contributed by atoms with Crippen molar-refractivity contribution in [3.05, 3.63) is 46.3 Å². The first-order chi connectivity index (χ1) is 13.9. The second-order valence-electron chi connectivity index (χ2n) is 6.88. The second-order valence-corrected chi connectivity index (χ2v) is 9.50. The third-order valence-electron chi connectivity index (χ3n) is 3.84. The standard InChI is InChI=1S/C19H25ClN2O7S/c1-12(2)17(22-19(26)29-11-13-7-5-4-6-8-13)18(25)21-14(10-16(23)24)9-15(20)30(3,27)28/h4-9,12,14,17H,10-11H2,1-3H3,(H,21,25)(H,22,26)(H,23,24)/b15-9+/t14-,17-/m1/s1. The lowest BCUT2D eigenvalue weighted by Gasteiger charge is -2.23. The molecule has 0 fully saturated rings. The molecule has 0 spiro atoms. The van der Waals surface area contributed by atoms with Crippen molar-refractivity contribution in [2.75, 3.05) is 6.26 Å². The summed E-state index contributed by atoms with van der Waals surface area (Å²) in [6.07, 6.45) is 0.369. The lowest BCUT2D eigenvalue weighted by Crippen LogP contribution is -2.52. The van der Waals surface area contributed by atoms with E-state index in [-0.39, 0.29) is 12.5 Å². The van der Waals surface area contributed by atoms with Crippen LogP contribution in [0.3, 0.4) is 0 Å². The summed E-state index contributed by atoms with van der Waals surface area (Å²) in [4.78, 5) is 35.8. The topological polar surface area (TPSA) is 139 Å². The highest BCUT2D eigenvalue weighted by molar-refractivity contribution is 7.96. The monoisotopic (exact) mass is 460 g/mol. The summed E-state index contributed by atoms with van der Waals surface area (Å²) in [5.41, 5.74) is 0.764. The van der Waals surface area contributed by atoms with Gasteiger partial charge >= 0.3 is 12.1 Å². The first-order valence-corrected chi connectivity index (χ1v) is 11.2. The molecule has 0 saturated carbocycles. The van der Waals surface area contributed by atoms with Gasteiger partial charge in [0.25, 0.3) is 0 Å². The van der Waals surface area contributed by atoms with E-state index < -0.39 is 50.7 Å². The maximum absolute atomic E-state index is 12.6. The molecule has 0 aliphatic rings. The van der Waals surface area contributed by atoms with E-state index in [1.165, 1.54) is 0 Å². The highest BCUT2D eigenvalue weighted by Crippen LogP contribution is 2.13. The van der Waals surface area contributed by atoms with Crippen LogP contribution in [0, 0.1) is 5.92 Å². The van der Waals surface area contributed by atoms with E-state index in [1.807, 2.05) is 6.07 Å². The quantitative estimate of drug-likeness (QED) is 0.485. The third-order valence-corrected chi connectivity index (χ3v) is 5.66. The number of hydrogen-bond acceptors (Lipinski definition) is 6. The number of hydrogen-bond donors (Lipinski definition) is 3. The fourth-order valence-electron chi connectivity index (χ4n) is 2.32. The van der Waals surface area contributed by atoms with Gasteiger partial charge in [0, 0.05) is 6.26 Å². The molecule has 0 bridgehead atoms. The molecule has 0 aliphatic carbocycles. The Kier molecular flexibility index (Phi) is 9.80. The van der Waals surface area contributed by atoms with Crippen molar-refractivity contribution in [1.29, 1.82) is 0 Å². The molecule has 0 heterocycles.